The molecule has 0 unspecified atom stereocenters. The molecule has 2 N–H and O–H groups in total. The number of hydrogen-bond donors (Lipinski definition) is 1. The van der Waals surface area contributed by atoms with Gasteiger partial charge in [-0.3, -0.25) is 4.90 Å². The lowest BCUT2D eigenvalue weighted by molar-refractivity contribution is -0.137. The molecule has 26 heavy (non-hydrogen) atoms. The van der Waals surface area contributed by atoms with Crippen molar-refractivity contribution in [3.05, 3.63) is 47.7 Å². The minimum Gasteiger partial charge on any atom is -0.384 e. The summed E-state index contributed by atoms with van der Waals surface area (Å²) in [5.41, 5.74) is 8.03. The van der Waals surface area contributed by atoms with Crippen LogP contribution in [0.25, 0.3) is 11.1 Å². The first-order valence-corrected chi connectivity index (χ1v) is 8.78. The smallest absolute Gasteiger partial charge is 0.384 e. The van der Waals surface area contributed by atoms with E-state index in [1.54, 1.807) is 6.20 Å². The lowest BCUT2D eigenvalue weighted by atomic mass is 9.84. The Morgan fingerprint density at radius 1 is 1.19 bits per heavy atom. The highest BCUT2D eigenvalue weighted by atomic mass is 19.4. The Balaban J connectivity index is 1.89. The molecule has 0 atom stereocenters. The van der Waals surface area contributed by atoms with E-state index in [1.807, 2.05) is 6.07 Å². The summed E-state index contributed by atoms with van der Waals surface area (Å²) >= 11 is 0. The van der Waals surface area contributed by atoms with Crippen LogP contribution in [0.3, 0.4) is 0 Å². The third-order valence-corrected chi connectivity index (χ3v) is 4.91. The van der Waals surface area contributed by atoms with Crippen LogP contribution in [0, 0.1) is 5.41 Å². The highest BCUT2D eigenvalue weighted by Gasteiger charge is 2.30. The second-order valence-corrected chi connectivity index (χ2v) is 7.82. The molecular formula is C20H24F3N3. The van der Waals surface area contributed by atoms with Gasteiger partial charge < -0.3 is 5.73 Å². The van der Waals surface area contributed by atoms with E-state index in [2.05, 4.69) is 23.7 Å². The highest BCUT2D eigenvalue weighted by molar-refractivity contribution is 5.68. The monoisotopic (exact) mass is 363 g/mol. The largest absolute Gasteiger partial charge is 0.416 e. The lowest BCUT2D eigenvalue weighted by Crippen LogP contribution is -2.39. The first kappa shape index (κ1) is 18.7. The van der Waals surface area contributed by atoms with Gasteiger partial charge in [0.1, 0.15) is 5.82 Å². The van der Waals surface area contributed by atoms with Crippen LogP contribution in [-0.4, -0.2) is 23.0 Å². The maximum absolute atomic E-state index is 12.8. The zero-order chi connectivity index (χ0) is 18.9. The second kappa shape index (κ2) is 6.91. The number of rotatable bonds is 3. The molecule has 1 aliphatic heterocycles. The summed E-state index contributed by atoms with van der Waals surface area (Å²) in [6.07, 6.45) is -0.334. The number of aromatic nitrogens is 1. The van der Waals surface area contributed by atoms with Crippen molar-refractivity contribution in [2.24, 2.45) is 5.41 Å². The Labute approximate surface area is 152 Å². The fourth-order valence-corrected chi connectivity index (χ4v) is 3.67. The van der Waals surface area contributed by atoms with Crippen molar-refractivity contribution in [3.8, 4) is 11.1 Å². The molecule has 140 valence electrons. The van der Waals surface area contributed by atoms with Crippen LogP contribution < -0.4 is 5.73 Å². The number of nitrogen functional groups attached to an aromatic ring is 1. The third kappa shape index (κ3) is 4.36. The minimum absolute atomic E-state index is 0.269. The molecule has 1 saturated heterocycles. The average molecular weight is 363 g/mol. The summed E-state index contributed by atoms with van der Waals surface area (Å²) in [5.74, 6) is 0.423. The fraction of sp³-hybridized carbons (Fsp3) is 0.450. The van der Waals surface area contributed by atoms with Gasteiger partial charge in [0.25, 0.3) is 0 Å². The first-order valence-electron chi connectivity index (χ1n) is 8.78. The lowest BCUT2D eigenvalue weighted by Gasteiger charge is -2.38. The van der Waals surface area contributed by atoms with Gasteiger partial charge in [-0.2, -0.15) is 13.2 Å². The molecule has 3 rings (SSSR count). The third-order valence-electron chi connectivity index (χ3n) is 4.91. The minimum atomic E-state index is -4.33. The molecule has 0 radical (unpaired) electrons. The summed E-state index contributed by atoms with van der Waals surface area (Å²) in [4.78, 5) is 6.53. The van der Waals surface area contributed by atoms with Crippen molar-refractivity contribution in [1.82, 2.24) is 9.88 Å². The van der Waals surface area contributed by atoms with Crippen molar-refractivity contribution < 1.29 is 13.2 Å². The topological polar surface area (TPSA) is 42.1 Å². The van der Waals surface area contributed by atoms with Crippen LogP contribution in [0.1, 0.15) is 37.8 Å². The van der Waals surface area contributed by atoms with Crippen molar-refractivity contribution in [2.45, 2.75) is 39.4 Å². The maximum atomic E-state index is 12.8. The molecule has 2 heterocycles. The highest BCUT2D eigenvalue weighted by Crippen LogP contribution is 2.34. The van der Waals surface area contributed by atoms with Gasteiger partial charge in [0.05, 0.1) is 5.56 Å². The van der Waals surface area contributed by atoms with Gasteiger partial charge in [-0.05, 0) is 54.1 Å². The Bertz CT molecular complexity index is 767. The van der Waals surface area contributed by atoms with Crippen molar-refractivity contribution >= 4 is 5.82 Å². The van der Waals surface area contributed by atoms with Crippen molar-refractivity contribution in [1.29, 1.82) is 0 Å². The predicted octanol–water partition coefficient (Wildman–Crippen LogP) is 4.97. The normalized spacial score (nSPS) is 18.0. The summed E-state index contributed by atoms with van der Waals surface area (Å²) in [7, 11) is 0. The molecule has 0 amide bonds. The molecule has 0 aliphatic carbocycles. The summed E-state index contributed by atoms with van der Waals surface area (Å²) in [6, 6.07) is 7.05. The number of benzene rings is 1. The van der Waals surface area contributed by atoms with Gasteiger partial charge in [-0.15, -0.1) is 0 Å². The van der Waals surface area contributed by atoms with Gasteiger partial charge in [-0.1, -0.05) is 26.0 Å². The fourth-order valence-electron chi connectivity index (χ4n) is 3.67. The standard InChI is InChI=1S/C20H24F3N3/c1-19(2)8-3-9-26(13-19)12-15-10-18(24)25-11-17(15)14-4-6-16(7-5-14)20(21,22)23/h4-7,10-11H,3,8-9,12-13H2,1-2H3,(H2,24,25). The zero-order valence-corrected chi connectivity index (χ0v) is 15.1. The van der Waals surface area contributed by atoms with Crippen molar-refractivity contribution in [3.63, 3.8) is 0 Å². The second-order valence-electron chi connectivity index (χ2n) is 7.82. The quantitative estimate of drug-likeness (QED) is 0.837. The van der Waals surface area contributed by atoms with Crippen LogP contribution in [0.15, 0.2) is 36.5 Å². The van der Waals surface area contributed by atoms with E-state index in [0.29, 0.717) is 12.4 Å². The number of likely N-dealkylation sites (tertiary alicyclic amines) is 1. The van der Waals surface area contributed by atoms with Crippen LogP contribution in [0.4, 0.5) is 19.0 Å². The molecule has 1 aromatic heterocycles. The average Bonchev–Trinajstić information content (AvgIpc) is 2.53. The molecule has 0 saturated carbocycles. The predicted molar refractivity (Wildman–Crippen MR) is 97.4 cm³/mol. The van der Waals surface area contributed by atoms with E-state index >= 15 is 0 Å². The van der Waals surface area contributed by atoms with Gasteiger partial charge in [0, 0.05) is 24.8 Å². The number of pyridine rings is 1. The summed E-state index contributed by atoms with van der Waals surface area (Å²) in [5, 5.41) is 0. The maximum Gasteiger partial charge on any atom is 0.416 e. The van der Waals surface area contributed by atoms with E-state index in [9.17, 15) is 13.2 Å². The first-order chi connectivity index (χ1) is 12.1. The van der Waals surface area contributed by atoms with Crippen LogP contribution in [-0.2, 0) is 12.7 Å². The number of nitrogens with zero attached hydrogens (tertiary/aromatic N) is 2. The number of nitrogens with two attached hydrogens (primary N) is 1. The molecule has 1 fully saturated rings. The number of hydrogen-bond acceptors (Lipinski definition) is 3. The molecule has 3 nitrogen and oxygen atoms in total. The van der Waals surface area contributed by atoms with Gasteiger partial charge in [0.2, 0.25) is 0 Å². The van der Waals surface area contributed by atoms with Gasteiger partial charge in [0.15, 0.2) is 0 Å². The van der Waals surface area contributed by atoms with E-state index < -0.39 is 11.7 Å². The summed E-state index contributed by atoms with van der Waals surface area (Å²) < 4.78 is 38.4. The Kier molecular flexibility index (Phi) is 4.97. The molecule has 2 aromatic rings. The molecule has 1 aromatic carbocycles. The van der Waals surface area contributed by atoms with E-state index in [0.717, 1.165) is 48.3 Å². The Morgan fingerprint density at radius 3 is 2.50 bits per heavy atom. The molecule has 0 spiro atoms. The SMILES string of the molecule is CC1(C)CCCN(Cc2cc(N)ncc2-c2ccc(C(F)(F)F)cc2)C1. The molecule has 1 aliphatic rings. The zero-order valence-electron chi connectivity index (χ0n) is 15.1. The number of halogens is 3. The molecule has 6 heteroatoms. The van der Waals surface area contributed by atoms with Gasteiger partial charge >= 0.3 is 6.18 Å². The van der Waals surface area contributed by atoms with Crippen LogP contribution >= 0.6 is 0 Å². The number of alkyl halides is 3. The van der Waals surface area contributed by atoms with Crippen LogP contribution in [0.2, 0.25) is 0 Å². The molecule has 0 bridgehead atoms. The Morgan fingerprint density at radius 2 is 1.88 bits per heavy atom. The van der Waals surface area contributed by atoms with Crippen molar-refractivity contribution in [2.75, 3.05) is 18.8 Å². The van der Waals surface area contributed by atoms with E-state index in [4.69, 9.17) is 5.73 Å². The van der Waals surface area contributed by atoms with E-state index in [1.165, 1.54) is 18.6 Å². The number of anilines is 1. The Hall–Kier alpha value is -2.08. The number of piperidine rings is 1. The van der Waals surface area contributed by atoms with Crippen LogP contribution in [0.5, 0.6) is 0 Å². The van der Waals surface area contributed by atoms with Gasteiger partial charge in [-0.25, -0.2) is 4.98 Å². The summed E-state index contributed by atoms with van der Waals surface area (Å²) in [6.45, 7) is 7.24. The molecular weight excluding hydrogens is 339 g/mol. The van der Waals surface area contributed by atoms with E-state index in [-0.39, 0.29) is 5.41 Å².